The number of fused-ring (bicyclic) bond motifs is 1. The van der Waals surface area contributed by atoms with Crippen molar-refractivity contribution in [3.05, 3.63) is 70.0 Å². The lowest BCUT2D eigenvalue weighted by Crippen LogP contribution is -2.48. The molecule has 2 aromatic heterocycles. The number of hydrogen-bond acceptors (Lipinski definition) is 5. The molecule has 3 unspecified atom stereocenters. The van der Waals surface area contributed by atoms with Gasteiger partial charge in [-0.3, -0.25) is 9.59 Å². The van der Waals surface area contributed by atoms with E-state index in [1.165, 1.54) is 18.9 Å². The number of pyridine rings is 1. The number of carbonyl (C=O) groups is 2. The second kappa shape index (κ2) is 8.76. The molecular formula is C25H25ClN4O4. The molecular weight excluding hydrogens is 456 g/mol. The molecule has 1 aromatic carbocycles. The summed E-state index contributed by atoms with van der Waals surface area (Å²) in [6.45, 7) is 3.40. The van der Waals surface area contributed by atoms with Crippen molar-refractivity contribution >= 4 is 29.1 Å². The normalized spacial score (nSPS) is 21.6. The summed E-state index contributed by atoms with van der Waals surface area (Å²) in [6.07, 6.45) is 5.76. The number of amides is 2. The van der Waals surface area contributed by atoms with Gasteiger partial charge in [-0.15, -0.1) is 0 Å². The zero-order valence-corrected chi connectivity index (χ0v) is 19.6. The minimum absolute atomic E-state index is 0.0883. The van der Waals surface area contributed by atoms with Gasteiger partial charge in [-0.1, -0.05) is 28.9 Å². The van der Waals surface area contributed by atoms with Crippen molar-refractivity contribution in [3.63, 3.8) is 0 Å². The second-order valence-corrected chi connectivity index (χ2v) is 9.68. The maximum absolute atomic E-state index is 13.3. The molecule has 0 aliphatic heterocycles. The SMILES string of the molecule is Cc1nocc1C(=O)NC(C(=O)Nc1ccc(-c2c(Cl)cc[n+]([O-])c2C)cc1)C1CC2CC2C1. The smallest absolute Gasteiger partial charge is 0.257 e. The van der Waals surface area contributed by atoms with E-state index in [1.54, 1.807) is 32.0 Å². The molecule has 2 aliphatic carbocycles. The summed E-state index contributed by atoms with van der Waals surface area (Å²) in [5.41, 5.74) is 3.32. The molecule has 2 aliphatic rings. The van der Waals surface area contributed by atoms with E-state index in [2.05, 4.69) is 15.8 Å². The summed E-state index contributed by atoms with van der Waals surface area (Å²) in [7, 11) is 0. The van der Waals surface area contributed by atoms with Gasteiger partial charge in [-0.25, -0.2) is 0 Å². The monoisotopic (exact) mass is 480 g/mol. The molecule has 2 amide bonds. The van der Waals surface area contributed by atoms with E-state index in [-0.39, 0.29) is 17.7 Å². The van der Waals surface area contributed by atoms with Crippen LogP contribution >= 0.6 is 11.6 Å². The van der Waals surface area contributed by atoms with Gasteiger partial charge in [-0.2, -0.15) is 4.73 Å². The number of hydrogen-bond donors (Lipinski definition) is 2. The van der Waals surface area contributed by atoms with Crippen LogP contribution in [0.15, 0.2) is 47.3 Å². The first-order valence-corrected chi connectivity index (χ1v) is 11.7. The molecule has 34 heavy (non-hydrogen) atoms. The van der Waals surface area contributed by atoms with E-state index in [9.17, 15) is 14.8 Å². The molecule has 3 atom stereocenters. The summed E-state index contributed by atoms with van der Waals surface area (Å²) >= 11 is 6.32. The van der Waals surface area contributed by atoms with Crippen LogP contribution in [0.1, 0.15) is 41.0 Å². The van der Waals surface area contributed by atoms with Crippen molar-refractivity contribution in [1.82, 2.24) is 10.5 Å². The molecule has 2 heterocycles. The molecule has 0 bridgehead atoms. The second-order valence-electron chi connectivity index (χ2n) is 9.27. The number of benzene rings is 1. The van der Waals surface area contributed by atoms with Crippen LogP contribution in [0.3, 0.4) is 0 Å². The molecule has 3 aromatic rings. The third kappa shape index (κ3) is 4.25. The number of nitrogens with zero attached hydrogens (tertiary/aromatic N) is 2. The molecule has 2 fully saturated rings. The molecule has 176 valence electrons. The lowest BCUT2D eigenvalue weighted by molar-refractivity contribution is -0.611. The third-order valence-electron chi connectivity index (χ3n) is 7.04. The highest BCUT2D eigenvalue weighted by Crippen LogP contribution is 2.55. The zero-order valence-electron chi connectivity index (χ0n) is 18.9. The standard InChI is InChI=1S/C25H25ClN4O4/c1-13-20(12-34-29-13)24(31)28-23(18-10-16-9-17(16)11-18)25(32)27-19-5-3-15(4-6-19)22-14(2)30(33)8-7-21(22)26/h3-8,12,16-18,23H,9-11H2,1-2H3,(H,27,32)(H,28,31). The summed E-state index contributed by atoms with van der Waals surface area (Å²) in [5, 5.41) is 22.1. The Bertz CT molecular complexity index is 1250. The Morgan fingerprint density at radius 2 is 1.85 bits per heavy atom. The van der Waals surface area contributed by atoms with E-state index >= 15 is 0 Å². The van der Waals surface area contributed by atoms with Gasteiger partial charge in [0.15, 0.2) is 11.9 Å². The Balaban J connectivity index is 1.33. The van der Waals surface area contributed by atoms with Crippen molar-refractivity contribution in [2.75, 3.05) is 5.32 Å². The molecule has 9 heteroatoms. The molecule has 0 spiro atoms. The summed E-state index contributed by atoms with van der Waals surface area (Å²) in [5.74, 6) is 0.793. The van der Waals surface area contributed by atoms with Crippen LogP contribution in [-0.4, -0.2) is 23.0 Å². The fourth-order valence-corrected chi connectivity index (χ4v) is 5.36. The number of nitrogens with one attached hydrogen (secondary N) is 2. The average Bonchev–Trinajstić information content (AvgIpc) is 3.19. The van der Waals surface area contributed by atoms with Crippen molar-refractivity contribution in [2.24, 2.45) is 17.8 Å². The molecule has 0 radical (unpaired) electrons. The van der Waals surface area contributed by atoms with Gasteiger partial charge in [-0.05, 0) is 61.6 Å². The minimum Gasteiger partial charge on any atom is -0.618 e. The van der Waals surface area contributed by atoms with Gasteiger partial charge >= 0.3 is 0 Å². The number of aryl methyl sites for hydroxylation is 1. The Labute approximate surface area is 201 Å². The van der Waals surface area contributed by atoms with Crippen LogP contribution in [-0.2, 0) is 4.79 Å². The van der Waals surface area contributed by atoms with E-state index in [0.29, 0.717) is 45.1 Å². The predicted octanol–water partition coefficient (Wildman–Crippen LogP) is 4.03. The largest absolute Gasteiger partial charge is 0.618 e. The highest BCUT2D eigenvalue weighted by atomic mass is 35.5. The molecule has 8 nitrogen and oxygen atoms in total. The molecule has 2 N–H and O–H groups in total. The van der Waals surface area contributed by atoms with Crippen LogP contribution in [0.5, 0.6) is 0 Å². The Kier molecular flexibility index (Phi) is 5.77. The van der Waals surface area contributed by atoms with Crippen molar-refractivity contribution < 1.29 is 18.8 Å². The fourth-order valence-electron chi connectivity index (χ4n) is 5.06. The lowest BCUT2D eigenvalue weighted by Gasteiger charge is -2.25. The highest BCUT2D eigenvalue weighted by Gasteiger charge is 2.49. The molecule has 2 saturated carbocycles. The van der Waals surface area contributed by atoms with Crippen LogP contribution in [0, 0.1) is 36.8 Å². The summed E-state index contributed by atoms with van der Waals surface area (Å²) < 4.78 is 5.66. The number of rotatable bonds is 6. The average molecular weight is 481 g/mol. The Morgan fingerprint density at radius 3 is 2.50 bits per heavy atom. The van der Waals surface area contributed by atoms with Crippen molar-refractivity contribution in [2.45, 2.75) is 39.2 Å². The molecule has 5 rings (SSSR count). The minimum atomic E-state index is -0.653. The predicted molar refractivity (Wildman–Crippen MR) is 126 cm³/mol. The van der Waals surface area contributed by atoms with Gasteiger partial charge in [0.2, 0.25) is 5.91 Å². The van der Waals surface area contributed by atoms with E-state index in [0.717, 1.165) is 23.1 Å². The Morgan fingerprint density at radius 1 is 1.15 bits per heavy atom. The lowest BCUT2D eigenvalue weighted by atomic mass is 9.93. The first-order chi connectivity index (χ1) is 16.3. The van der Waals surface area contributed by atoms with Crippen LogP contribution < -0.4 is 15.4 Å². The number of carbonyl (C=O) groups excluding carboxylic acids is 2. The van der Waals surface area contributed by atoms with Gasteiger partial charge < -0.3 is 20.4 Å². The first kappa shape index (κ1) is 22.4. The first-order valence-electron chi connectivity index (χ1n) is 11.3. The number of aromatic nitrogens is 2. The maximum atomic E-state index is 13.3. The van der Waals surface area contributed by atoms with Crippen LogP contribution in [0.4, 0.5) is 5.69 Å². The van der Waals surface area contributed by atoms with Gasteiger partial charge in [0.25, 0.3) is 5.91 Å². The highest BCUT2D eigenvalue weighted by molar-refractivity contribution is 6.33. The van der Waals surface area contributed by atoms with E-state index in [1.807, 2.05) is 12.1 Å². The third-order valence-corrected chi connectivity index (χ3v) is 7.36. The molecule has 0 saturated heterocycles. The Hall–Kier alpha value is -3.39. The maximum Gasteiger partial charge on any atom is 0.257 e. The van der Waals surface area contributed by atoms with Gasteiger partial charge in [0.1, 0.15) is 17.9 Å². The van der Waals surface area contributed by atoms with Gasteiger partial charge in [0, 0.05) is 18.7 Å². The van der Waals surface area contributed by atoms with E-state index < -0.39 is 6.04 Å². The van der Waals surface area contributed by atoms with Gasteiger partial charge in [0.05, 0.1) is 16.3 Å². The quantitative estimate of drug-likeness (QED) is 0.408. The zero-order chi connectivity index (χ0) is 24.0. The fraction of sp³-hybridized carbons (Fsp3) is 0.360. The van der Waals surface area contributed by atoms with Crippen LogP contribution in [0.25, 0.3) is 11.1 Å². The summed E-state index contributed by atoms with van der Waals surface area (Å²) in [6, 6.07) is 8.05. The van der Waals surface area contributed by atoms with Crippen LogP contribution in [0.2, 0.25) is 5.02 Å². The summed E-state index contributed by atoms with van der Waals surface area (Å²) in [4.78, 5) is 26.1. The van der Waals surface area contributed by atoms with Crippen molar-refractivity contribution in [1.29, 1.82) is 0 Å². The number of anilines is 1. The van der Waals surface area contributed by atoms with E-state index in [4.69, 9.17) is 16.1 Å². The number of halogens is 1. The topological polar surface area (TPSA) is 111 Å². The van der Waals surface area contributed by atoms with Crippen molar-refractivity contribution in [3.8, 4) is 11.1 Å².